The summed E-state index contributed by atoms with van der Waals surface area (Å²) in [6.07, 6.45) is 0. The van der Waals surface area contributed by atoms with Crippen LogP contribution in [0.3, 0.4) is 0 Å². The second-order valence-electron chi connectivity index (χ2n) is 1.10. The van der Waals surface area contributed by atoms with Crippen molar-refractivity contribution in [1.29, 1.82) is 0 Å². The molecule has 0 aromatic heterocycles. The standard InChI is InChI=1S/C4H6O5/c1-2-8-3(5)4(6)9-7/h7H,2H2,1H3. The highest BCUT2D eigenvalue weighted by molar-refractivity contribution is 6.29. The van der Waals surface area contributed by atoms with E-state index in [0.717, 1.165) is 0 Å². The number of esters is 1. The third-order valence-electron chi connectivity index (χ3n) is 0.525. The summed E-state index contributed by atoms with van der Waals surface area (Å²) in [5, 5.41) is 7.58. The van der Waals surface area contributed by atoms with Gasteiger partial charge >= 0.3 is 11.9 Å². The quantitative estimate of drug-likeness (QED) is 0.228. The minimum atomic E-state index is -1.41. The molecule has 0 heterocycles. The van der Waals surface area contributed by atoms with Crippen LogP contribution in [-0.2, 0) is 19.2 Å². The number of rotatable bonds is 1. The van der Waals surface area contributed by atoms with Gasteiger partial charge in [-0.2, -0.15) is 5.26 Å². The summed E-state index contributed by atoms with van der Waals surface area (Å²) in [6, 6.07) is 0. The monoisotopic (exact) mass is 134 g/mol. The number of carbonyl (C=O) groups is 2. The van der Waals surface area contributed by atoms with Gasteiger partial charge < -0.3 is 4.74 Å². The Kier molecular flexibility index (Phi) is 3.38. The summed E-state index contributed by atoms with van der Waals surface area (Å²) in [6.45, 7) is 1.61. The number of hydrogen-bond acceptors (Lipinski definition) is 5. The maximum absolute atomic E-state index is 10.1. The largest absolute Gasteiger partial charge is 0.457 e. The molecule has 0 spiro atoms. The van der Waals surface area contributed by atoms with E-state index in [0.29, 0.717) is 0 Å². The highest BCUT2D eigenvalue weighted by Crippen LogP contribution is 1.79. The molecule has 0 aliphatic rings. The van der Waals surface area contributed by atoms with Crippen molar-refractivity contribution in [3.8, 4) is 0 Å². The molecule has 0 aromatic rings. The fourth-order valence-corrected chi connectivity index (χ4v) is 0.227. The van der Waals surface area contributed by atoms with Crippen molar-refractivity contribution in [1.82, 2.24) is 0 Å². The smallest absolute Gasteiger partial charge is 0.449 e. The lowest BCUT2D eigenvalue weighted by molar-refractivity contribution is -0.236. The second kappa shape index (κ2) is 3.85. The molecule has 0 fully saturated rings. The Bertz CT molecular complexity index is 118. The molecule has 0 bridgehead atoms. The van der Waals surface area contributed by atoms with Crippen molar-refractivity contribution >= 4 is 11.9 Å². The fraction of sp³-hybridized carbons (Fsp3) is 0.500. The zero-order chi connectivity index (χ0) is 7.28. The van der Waals surface area contributed by atoms with E-state index in [9.17, 15) is 9.59 Å². The lowest BCUT2D eigenvalue weighted by atomic mass is 10.7. The van der Waals surface area contributed by atoms with Crippen LogP contribution in [0.1, 0.15) is 6.92 Å². The zero-order valence-electron chi connectivity index (χ0n) is 4.79. The first-order valence-corrected chi connectivity index (χ1v) is 2.24. The first-order chi connectivity index (χ1) is 4.22. The van der Waals surface area contributed by atoms with Gasteiger partial charge in [0.2, 0.25) is 0 Å². The average Bonchev–Trinajstić information content (AvgIpc) is 1.87. The van der Waals surface area contributed by atoms with Gasteiger partial charge in [0.1, 0.15) is 0 Å². The maximum atomic E-state index is 10.1. The van der Waals surface area contributed by atoms with Gasteiger partial charge in [-0.15, -0.1) is 0 Å². The lowest BCUT2D eigenvalue weighted by Gasteiger charge is -1.94. The van der Waals surface area contributed by atoms with Gasteiger partial charge in [-0.25, -0.2) is 9.59 Å². The molecule has 0 atom stereocenters. The van der Waals surface area contributed by atoms with Crippen molar-refractivity contribution in [3.63, 3.8) is 0 Å². The zero-order valence-corrected chi connectivity index (χ0v) is 4.79. The topological polar surface area (TPSA) is 72.8 Å². The highest BCUT2D eigenvalue weighted by Gasteiger charge is 2.15. The van der Waals surface area contributed by atoms with Crippen molar-refractivity contribution in [3.05, 3.63) is 0 Å². The molecule has 0 unspecified atom stereocenters. The Balaban J connectivity index is 3.60. The van der Waals surface area contributed by atoms with Crippen LogP contribution < -0.4 is 0 Å². The molecule has 0 aromatic carbocycles. The fourth-order valence-electron chi connectivity index (χ4n) is 0.227. The van der Waals surface area contributed by atoms with Crippen LogP contribution in [0.15, 0.2) is 0 Å². The molecule has 0 saturated heterocycles. The first-order valence-electron chi connectivity index (χ1n) is 2.24. The van der Waals surface area contributed by atoms with Gasteiger partial charge in [-0.3, -0.25) is 4.89 Å². The van der Waals surface area contributed by atoms with E-state index in [1.807, 2.05) is 0 Å². The number of ether oxygens (including phenoxy) is 1. The highest BCUT2D eigenvalue weighted by atomic mass is 17.1. The van der Waals surface area contributed by atoms with Crippen LogP contribution in [0.5, 0.6) is 0 Å². The third kappa shape index (κ3) is 2.65. The second-order valence-corrected chi connectivity index (χ2v) is 1.10. The molecule has 0 rings (SSSR count). The third-order valence-corrected chi connectivity index (χ3v) is 0.525. The van der Waals surface area contributed by atoms with Crippen LogP contribution in [0.2, 0.25) is 0 Å². The maximum Gasteiger partial charge on any atom is 0.449 e. The summed E-state index contributed by atoms with van der Waals surface area (Å²) in [7, 11) is 0. The summed E-state index contributed by atoms with van der Waals surface area (Å²) in [4.78, 5) is 23.1. The SMILES string of the molecule is CCOC(=O)C(=O)OO. The van der Waals surface area contributed by atoms with Gasteiger partial charge in [-0.1, -0.05) is 0 Å². The Morgan fingerprint density at radius 2 is 2.00 bits per heavy atom. The minimum absolute atomic E-state index is 0.0773. The summed E-state index contributed by atoms with van der Waals surface area (Å²) in [5.41, 5.74) is 0. The van der Waals surface area contributed by atoms with Gasteiger partial charge in [-0.05, 0) is 6.92 Å². The van der Waals surface area contributed by atoms with Crippen molar-refractivity contribution in [2.75, 3.05) is 6.61 Å². The average molecular weight is 134 g/mol. The number of carbonyl (C=O) groups excluding carboxylic acids is 2. The molecule has 0 amide bonds. The Hall–Kier alpha value is -1.10. The van der Waals surface area contributed by atoms with Crippen molar-refractivity contribution < 1.29 is 24.5 Å². The minimum Gasteiger partial charge on any atom is -0.457 e. The molecule has 0 aliphatic heterocycles. The van der Waals surface area contributed by atoms with E-state index in [4.69, 9.17) is 5.26 Å². The normalized spacial score (nSPS) is 8.22. The molecule has 0 radical (unpaired) electrons. The van der Waals surface area contributed by atoms with E-state index in [2.05, 4.69) is 9.62 Å². The molecular formula is C4H6O5. The molecule has 52 valence electrons. The van der Waals surface area contributed by atoms with Gasteiger partial charge in [0.15, 0.2) is 0 Å². The molecule has 0 saturated carbocycles. The molecule has 5 nitrogen and oxygen atoms in total. The molecular weight excluding hydrogens is 128 g/mol. The van der Waals surface area contributed by atoms with Crippen LogP contribution in [0.4, 0.5) is 0 Å². The van der Waals surface area contributed by atoms with Crippen LogP contribution >= 0.6 is 0 Å². The van der Waals surface area contributed by atoms with Gasteiger partial charge in [0, 0.05) is 0 Å². The Morgan fingerprint density at radius 3 is 2.33 bits per heavy atom. The van der Waals surface area contributed by atoms with E-state index in [-0.39, 0.29) is 6.61 Å². The van der Waals surface area contributed by atoms with E-state index in [1.165, 1.54) is 6.92 Å². The number of hydrogen-bond donors (Lipinski definition) is 1. The summed E-state index contributed by atoms with van der Waals surface area (Å²) in [5.74, 6) is -2.60. The lowest BCUT2D eigenvalue weighted by Crippen LogP contribution is -2.18. The van der Waals surface area contributed by atoms with Crippen LogP contribution in [0.25, 0.3) is 0 Å². The molecule has 5 heteroatoms. The van der Waals surface area contributed by atoms with Gasteiger partial charge in [0.05, 0.1) is 6.61 Å². The molecule has 1 N–H and O–H groups in total. The van der Waals surface area contributed by atoms with Crippen LogP contribution in [-0.4, -0.2) is 23.8 Å². The Morgan fingerprint density at radius 1 is 1.44 bits per heavy atom. The van der Waals surface area contributed by atoms with E-state index >= 15 is 0 Å². The molecule has 0 aliphatic carbocycles. The first kappa shape index (κ1) is 7.90. The Labute approximate surface area is 51.1 Å². The summed E-state index contributed by atoms with van der Waals surface area (Å²) >= 11 is 0. The predicted octanol–water partition coefficient (Wildman–Crippen LogP) is -0.434. The van der Waals surface area contributed by atoms with Gasteiger partial charge in [0.25, 0.3) is 0 Å². The molecule has 9 heavy (non-hydrogen) atoms. The van der Waals surface area contributed by atoms with Crippen molar-refractivity contribution in [2.24, 2.45) is 0 Å². The predicted molar refractivity (Wildman–Crippen MR) is 25.4 cm³/mol. The summed E-state index contributed by atoms with van der Waals surface area (Å²) < 4.78 is 4.12. The van der Waals surface area contributed by atoms with Crippen LogP contribution in [0, 0.1) is 0 Å². The van der Waals surface area contributed by atoms with Crippen molar-refractivity contribution in [2.45, 2.75) is 6.92 Å². The van der Waals surface area contributed by atoms with E-state index in [1.54, 1.807) is 0 Å². The van der Waals surface area contributed by atoms with E-state index < -0.39 is 11.9 Å².